The van der Waals surface area contributed by atoms with Gasteiger partial charge in [-0.05, 0) is 49.4 Å². The highest BCUT2D eigenvalue weighted by molar-refractivity contribution is 7.20. The highest BCUT2D eigenvalue weighted by Crippen LogP contribution is 2.29. The minimum absolute atomic E-state index is 0.0392. The number of carbonyl (C=O) groups is 1. The van der Waals surface area contributed by atoms with Crippen molar-refractivity contribution in [3.63, 3.8) is 0 Å². The fourth-order valence-corrected chi connectivity index (χ4v) is 3.98. The highest BCUT2D eigenvalue weighted by atomic mass is 32.1. The van der Waals surface area contributed by atoms with Gasteiger partial charge in [0, 0.05) is 35.6 Å². The Kier molecular flexibility index (Phi) is 5.00. The zero-order valence-corrected chi connectivity index (χ0v) is 16.3. The van der Waals surface area contributed by atoms with E-state index in [1.165, 1.54) is 11.3 Å². The smallest absolute Gasteiger partial charge is 0.268 e. The molecule has 0 spiro atoms. The monoisotopic (exact) mass is 385 g/mol. The first-order chi connectivity index (χ1) is 13.6. The van der Waals surface area contributed by atoms with Crippen molar-refractivity contribution < 1.29 is 4.79 Å². The molecular weight excluding hydrogens is 366 g/mol. The number of aromatic nitrogens is 2. The van der Waals surface area contributed by atoms with Crippen LogP contribution in [0.4, 0.5) is 5.69 Å². The molecule has 0 aliphatic rings. The molecule has 4 nitrogen and oxygen atoms in total. The highest BCUT2D eigenvalue weighted by Gasteiger charge is 2.20. The van der Waals surface area contributed by atoms with Gasteiger partial charge in [0.05, 0.1) is 10.6 Å². The van der Waals surface area contributed by atoms with Crippen molar-refractivity contribution >= 4 is 33.1 Å². The number of anilines is 1. The maximum absolute atomic E-state index is 13.3. The van der Waals surface area contributed by atoms with Crippen LogP contribution in [0, 0.1) is 0 Å². The number of fused-ring (bicyclic) bond motifs is 1. The molecule has 3 aromatic heterocycles. The van der Waals surface area contributed by atoms with Crippen molar-refractivity contribution in [1.29, 1.82) is 0 Å². The minimum atomic E-state index is -0.0392. The molecule has 0 saturated heterocycles. The summed E-state index contributed by atoms with van der Waals surface area (Å²) in [5, 5.41) is 0.967. The van der Waals surface area contributed by atoms with Gasteiger partial charge in [-0.25, -0.2) is 4.98 Å². The second-order valence-electron chi connectivity index (χ2n) is 6.62. The molecule has 28 heavy (non-hydrogen) atoms. The summed E-state index contributed by atoms with van der Waals surface area (Å²) in [6.45, 7) is 6.38. The van der Waals surface area contributed by atoms with Crippen molar-refractivity contribution in [3.8, 4) is 11.3 Å². The quantitative estimate of drug-likeness (QED) is 0.421. The van der Waals surface area contributed by atoms with Crippen LogP contribution in [0.15, 0.2) is 85.2 Å². The fraction of sp³-hybridized carbons (Fsp3) is 0.0870. The van der Waals surface area contributed by atoms with Gasteiger partial charge in [-0.2, -0.15) is 0 Å². The average Bonchev–Trinajstić information content (AvgIpc) is 3.16. The Labute approximate surface area is 167 Å². The molecule has 4 rings (SSSR count). The van der Waals surface area contributed by atoms with Gasteiger partial charge in [0.15, 0.2) is 0 Å². The molecule has 0 N–H and O–H groups in total. The lowest BCUT2D eigenvalue weighted by Crippen LogP contribution is -2.31. The lowest BCUT2D eigenvalue weighted by molar-refractivity contribution is 0.0993. The molecule has 4 aromatic rings. The van der Waals surface area contributed by atoms with Crippen LogP contribution in [-0.2, 0) is 0 Å². The first-order valence-electron chi connectivity index (χ1n) is 8.94. The Morgan fingerprint density at radius 3 is 2.54 bits per heavy atom. The van der Waals surface area contributed by atoms with Crippen LogP contribution in [0.5, 0.6) is 0 Å². The van der Waals surface area contributed by atoms with Crippen LogP contribution < -0.4 is 4.90 Å². The van der Waals surface area contributed by atoms with E-state index in [9.17, 15) is 4.79 Å². The standard InChI is InChI=1S/C23H19N3OS/c1-16(2)15-26(19-6-4-3-5-7-19)23(27)21-14-18-8-9-20(25-22(18)28-21)17-10-12-24-13-11-17/h3-14H,1,15H2,2H3. The summed E-state index contributed by atoms with van der Waals surface area (Å²) in [4.78, 5) is 25.3. The van der Waals surface area contributed by atoms with Crippen LogP contribution >= 0.6 is 11.3 Å². The summed E-state index contributed by atoms with van der Waals surface area (Å²) < 4.78 is 0. The van der Waals surface area contributed by atoms with Gasteiger partial charge in [0.1, 0.15) is 4.83 Å². The maximum atomic E-state index is 13.3. The molecule has 0 aliphatic carbocycles. The molecule has 0 saturated carbocycles. The summed E-state index contributed by atoms with van der Waals surface area (Å²) >= 11 is 1.42. The van der Waals surface area contributed by atoms with Gasteiger partial charge in [-0.3, -0.25) is 9.78 Å². The molecular formula is C23H19N3OS. The maximum Gasteiger partial charge on any atom is 0.268 e. The van der Waals surface area contributed by atoms with E-state index in [0.29, 0.717) is 11.4 Å². The third-order valence-corrected chi connectivity index (χ3v) is 5.34. The Bertz CT molecular complexity index is 1140. The van der Waals surface area contributed by atoms with Crippen molar-refractivity contribution in [2.45, 2.75) is 6.92 Å². The molecule has 1 amide bonds. The SMILES string of the molecule is C=C(C)CN(C(=O)c1cc2ccc(-c3ccncc3)nc2s1)c1ccccc1. The summed E-state index contributed by atoms with van der Waals surface area (Å²) in [5.41, 5.74) is 3.67. The van der Waals surface area contributed by atoms with Crippen LogP contribution in [0.2, 0.25) is 0 Å². The first-order valence-corrected chi connectivity index (χ1v) is 9.76. The molecule has 0 bridgehead atoms. The van der Waals surface area contributed by atoms with Crippen molar-refractivity contribution in [1.82, 2.24) is 9.97 Å². The largest absolute Gasteiger partial charge is 0.304 e. The van der Waals surface area contributed by atoms with E-state index in [2.05, 4.69) is 11.6 Å². The van der Waals surface area contributed by atoms with Gasteiger partial charge in [-0.1, -0.05) is 30.4 Å². The number of hydrogen-bond donors (Lipinski definition) is 0. The summed E-state index contributed by atoms with van der Waals surface area (Å²) in [5.74, 6) is -0.0392. The third-order valence-electron chi connectivity index (χ3n) is 4.31. The zero-order chi connectivity index (χ0) is 19.5. The van der Waals surface area contributed by atoms with E-state index in [4.69, 9.17) is 4.98 Å². The summed E-state index contributed by atoms with van der Waals surface area (Å²) in [7, 11) is 0. The fourth-order valence-electron chi connectivity index (χ4n) is 3.00. The van der Waals surface area contributed by atoms with E-state index in [-0.39, 0.29) is 5.91 Å². The number of amides is 1. The number of thiophene rings is 1. The van der Waals surface area contributed by atoms with E-state index in [1.807, 2.05) is 67.6 Å². The van der Waals surface area contributed by atoms with Gasteiger partial charge < -0.3 is 4.90 Å². The van der Waals surface area contributed by atoms with E-state index in [0.717, 1.165) is 32.7 Å². The number of hydrogen-bond acceptors (Lipinski definition) is 4. The summed E-state index contributed by atoms with van der Waals surface area (Å²) in [6, 6.07) is 19.4. The number of benzene rings is 1. The van der Waals surface area contributed by atoms with Crippen LogP contribution in [0.1, 0.15) is 16.6 Å². The molecule has 5 heteroatoms. The topological polar surface area (TPSA) is 46.1 Å². The number of para-hydroxylation sites is 1. The Morgan fingerprint density at radius 1 is 1.07 bits per heavy atom. The van der Waals surface area contributed by atoms with Crippen LogP contribution in [0.25, 0.3) is 21.5 Å². The van der Waals surface area contributed by atoms with Crippen molar-refractivity contribution in [2.24, 2.45) is 0 Å². The van der Waals surface area contributed by atoms with Crippen molar-refractivity contribution in [2.75, 3.05) is 11.4 Å². The normalized spacial score (nSPS) is 10.8. The average molecular weight is 385 g/mol. The van der Waals surface area contributed by atoms with Crippen molar-refractivity contribution in [3.05, 3.63) is 90.1 Å². The van der Waals surface area contributed by atoms with E-state index >= 15 is 0 Å². The first kappa shape index (κ1) is 18.1. The number of nitrogens with zero attached hydrogens (tertiary/aromatic N) is 3. The molecule has 0 unspecified atom stereocenters. The molecule has 0 aliphatic heterocycles. The lowest BCUT2D eigenvalue weighted by atomic mass is 10.1. The summed E-state index contributed by atoms with van der Waals surface area (Å²) in [6.07, 6.45) is 3.50. The van der Waals surface area contributed by atoms with E-state index < -0.39 is 0 Å². The molecule has 1 aromatic carbocycles. The second kappa shape index (κ2) is 7.74. The number of rotatable bonds is 5. The zero-order valence-electron chi connectivity index (χ0n) is 15.5. The number of carbonyl (C=O) groups excluding carboxylic acids is 1. The van der Waals surface area contributed by atoms with Gasteiger partial charge in [-0.15, -0.1) is 11.3 Å². The second-order valence-corrected chi connectivity index (χ2v) is 7.65. The van der Waals surface area contributed by atoms with Gasteiger partial charge >= 0.3 is 0 Å². The Hall–Kier alpha value is -3.31. The Morgan fingerprint density at radius 2 is 1.82 bits per heavy atom. The minimum Gasteiger partial charge on any atom is -0.304 e. The molecule has 0 radical (unpaired) electrons. The van der Waals surface area contributed by atoms with Gasteiger partial charge in [0.2, 0.25) is 0 Å². The molecule has 0 atom stereocenters. The molecule has 138 valence electrons. The Balaban J connectivity index is 1.71. The molecule has 3 heterocycles. The van der Waals surface area contributed by atoms with Gasteiger partial charge in [0.25, 0.3) is 5.91 Å². The van der Waals surface area contributed by atoms with Crippen LogP contribution in [-0.4, -0.2) is 22.4 Å². The van der Waals surface area contributed by atoms with Crippen LogP contribution in [0.3, 0.4) is 0 Å². The predicted octanol–water partition coefficient (Wildman–Crippen LogP) is 5.58. The predicted molar refractivity (Wildman–Crippen MR) is 116 cm³/mol. The number of pyridine rings is 2. The van der Waals surface area contributed by atoms with E-state index in [1.54, 1.807) is 17.3 Å². The lowest BCUT2D eigenvalue weighted by Gasteiger charge is -2.22. The molecule has 0 fully saturated rings. The third kappa shape index (κ3) is 3.70.